The lowest BCUT2D eigenvalue weighted by atomic mass is 10.4. The third-order valence-corrected chi connectivity index (χ3v) is 2.67. The molecule has 0 aromatic heterocycles. The van der Waals surface area contributed by atoms with Crippen LogP contribution in [0.3, 0.4) is 0 Å². The summed E-state index contributed by atoms with van der Waals surface area (Å²) in [6.45, 7) is 3.37. The molecule has 0 saturated heterocycles. The zero-order chi connectivity index (χ0) is 9.73. The normalized spacial score (nSPS) is 10.3. The Morgan fingerprint density at radius 2 is 1.86 bits per heavy atom. The topological polar surface area (TPSA) is 43.4 Å². The van der Waals surface area contributed by atoms with Gasteiger partial charge in [-0.1, -0.05) is 24.3 Å². The molecule has 0 aliphatic carbocycles. The number of hydrogen-bond donors (Lipinski definition) is 0. The first-order valence-corrected chi connectivity index (χ1v) is 5.13. The predicted octanol–water partition coefficient (Wildman–Crippen LogP) is 0.394. The van der Waals surface area contributed by atoms with Gasteiger partial charge in [0.15, 0.2) is 17.4 Å². The molecule has 0 saturated carbocycles. The van der Waals surface area contributed by atoms with Crippen molar-refractivity contribution in [1.82, 2.24) is 0 Å². The van der Waals surface area contributed by atoms with Gasteiger partial charge in [0.05, 0.1) is 11.5 Å². The zero-order valence-electron chi connectivity index (χ0n) is 7.01. The second-order valence-corrected chi connectivity index (χ2v) is 3.96. The lowest BCUT2D eigenvalue weighted by Gasteiger charge is -2.01. The third kappa shape index (κ3) is 3.64. The van der Waals surface area contributed by atoms with E-state index in [1.54, 1.807) is 18.2 Å². The lowest BCUT2D eigenvalue weighted by Crippen LogP contribution is -2.05. The van der Waals surface area contributed by atoms with Gasteiger partial charge in [0.1, 0.15) is 0 Å². The Labute approximate surface area is 94.7 Å². The summed E-state index contributed by atoms with van der Waals surface area (Å²) in [6, 6.07) is 8.00. The van der Waals surface area contributed by atoms with Crippen LogP contribution in [0.25, 0.3) is 0 Å². The van der Waals surface area contributed by atoms with Gasteiger partial charge in [0.2, 0.25) is 0 Å². The molecule has 5 heteroatoms. The Morgan fingerprint density at radius 3 is 2.36 bits per heavy atom. The van der Waals surface area contributed by atoms with Crippen molar-refractivity contribution in [2.75, 3.05) is 6.61 Å². The van der Waals surface area contributed by atoms with E-state index in [1.165, 1.54) is 18.2 Å². The summed E-state index contributed by atoms with van der Waals surface area (Å²) in [4.78, 5) is 0.164. The van der Waals surface area contributed by atoms with Crippen LogP contribution in [0.15, 0.2) is 47.9 Å². The van der Waals surface area contributed by atoms with Gasteiger partial charge in [0.25, 0.3) is 10.1 Å². The highest BCUT2D eigenvalue weighted by Crippen LogP contribution is 2.10. The van der Waals surface area contributed by atoms with Gasteiger partial charge in [-0.2, -0.15) is 8.42 Å². The minimum Gasteiger partial charge on any atom is -0.262 e. The fourth-order valence-electron chi connectivity index (χ4n) is 0.793. The van der Waals surface area contributed by atoms with Crippen molar-refractivity contribution in [3.63, 3.8) is 0 Å². The van der Waals surface area contributed by atoms with Crippen LogP contribution in [0.2, 0.25) is 0 Å². The largest absolute Gasteiger partial charge is 0.297 e. The van der Waals surface area contributed by atoms with E-state index >= 15 is 0 Å². The van der Waals surface area contributed by atoms with Gasteiger partial charge in [-0.25, -0.2) is 0 Å². The molecule has 0 amide bonds. The molecule has 0 heterocycles. The number of benzene rings is 1. The highest BCUT2D eigenvalue weighted by Gasteiger charge is 2.12. The molecule has 1 aromatic carbocycles. The SMILES string of the molecule is C=CCOS(=O)(=O)c1ccccc1.[AlH3]. The maximum Gasteiger partial charge on any atom is 0.297 e. The summed E-state index contributed by atoms with van der Waals surface area (Å²) >= 11 is 0. The first kappa shape index (κ1) is 13.4. The summed E-state index contributed by atoms with van der Waals surface area (Å²) in [6.07, 6.45) is 1.39. The van der Waals surface area contributed by atoms with Gasteiger partial charge < -0.3 is 0 Å². The fourth-order valence-corrected chi connectivity index (χ4v) is 1.69. The van der Waals surface area contributed by atoms with Crippen molar-refractivity contribution >= 4 is 27.5 Å². The summed E-state index contributed by atoms with van der Waals surface area (Å²) in [7, 11) is -3.59. The molecule has 0 N–H and O–H groups in total. The second-order valence-electron chi connectivity index (χ2n) is 2.34. The Bertz CT molecular complexity index is 372. The van der Waals surface area contributed by atoms with Gasteiger partial charge in [0, 0.05) is 0 Å². The molecule has 0 fully saturated rings. The van der Waals surface area contributed by atoms with Crippen molar-refractivity contribution in [1.29, 1.82) is 0 Å². The van der Waals surface area contributed by atoms with Crippen molar-refractivity contribution in [2.24, 2.45) is 0 Å². The monoisotopic (exact) mass is 228 g/mol. The summed E-state index contributed by atoms with van der Waals surface area (Å²) in [5.41, 5.74) is 0. The minimum atomic E-state index is -3.59. The predicted molar refractivity (Wildman–Crippen MR) is 59.7 cm³/mol. The minimum absolute atomic E-state index is 0. The van der Waals surface area contributed by atoms with E-state index in [0.29, 0.717) is 0 Å². The zero-order valence-corrected chi connectivity index (χ0v) is 7.83. The Kier molecular flexibility index (Phi) is 5.74. The van der Waals surface area contributed by atoms with Crippen LogP contribution in [0.4, 0.5) is 0 Å². The molecule has 0 spiro atoms. The van der Waals surface area contributed by atoms with Gasteiger partial charge in [-0.15, -0.1) is 6.58 Å². The first-order valence-electron chi connectivity index (χ1n) is 3.72. The molecule has 0 unspecified atom stereocenters. The van der Waals surface area contributed by atoms with E-state index in [-0.39, 0.29) is 28.9 Å². The highest BCUT2D eigenvalue weighted by atomic mass is 32.2. The maximum atomic E-state index is 11.3. The fraction of sp³-hybridized carbons (Fsp3) is 0.111. The van der Waals surface area contributed by atoms with Crippen LogP contribution in [0.5, 0.6) is 0 Å². The molecule has 3 nitrogen and oxygen atoms in total. The van der Waals surface area contributed by atoms with Crippen molar-refractivity contribution in [3.05, 3.63) is 43.0 Å². The van der Waals surface area contributed by atoms with E-state index < -0.39 is 10.1 Å². The highest BCUT2D eigenvalue weighted by molar-refractivity contribution is 7.86. The van der Waals surface area contributed by atoms with E-state index in [2.05, 4.69) is 10.8 Å². The molecular formula is C9H13AlO3S. The van der Waals surface area contributed by atoms with Crippen LogP contribution in [0, 0.1) is 0 Å². The van der Waals surface area contributed by atoms with E-state index in [4.69, 9.17) is 0 Å². The van der Waals surface area contributed by atoms with Crippen LogP contribution in [0.1, 0.15) is 0 Å². The van der Waals surface area contributed by atoms with Crippen LogP contribution >= 0.6 is 0 Å². The Hall–Kier alpha value is -0.598. The summed E-state index contributed by atoms with van der Waals surface area (Å²) in [5.74, 6) is 0. The van der Waals surface area contributed by atoms with Gasteiger partial charge >= 0.3 is 0 Å². The van der Waals surface area contributed by atoms with Crippen molar-refractivity contribution < 1.29 is 12.6 Å². The quantitative estimate of drug-likeness (QED) is 0.425. The molecule has 76 valence electrons. The first-order chi connectivity index (χ1) is 6.17. The Morgan fingerprint density at radius 1 is 1.29 bits per heavy atom. The molecule has 0 radical (unpaired) electrons. The molecule has 0 atom stereocenters. The molecule has 0 bridgehead atoms. The van der Waals surface area contributed by atoms with Crippen LogP contribution < -0.4 is 0 Å². The summed E-state index contributed by atoms with van der Waals surface area (Å²) in [5, 5.41) is 0. The lowest BCUT2D eigenvalue weighted by molar-refractivity contribution is 0.357. The van der Waals surface area contributed by atoms with Crippen LogP contribution in [-0.2, 0) is 14.3 Å². The molecular weight excluding hydrogens is 215 g/mol. The second kappa shape index (κ2) is 5.99. The average Bonchev–Trinajstić information content (AvgIpc) is 2.16. The van der Waals surface area contributed by atoms with Crippen LogP contribution in [-0.4, -0.2) is 32.4 Å². The standard InChI is InChI=1S/C9H10O3S.Al.3H/c1-2-8-12-13(10,11)9-6-4-3-5-7-9;;;;/h2-7H,1,8H2;;;;. The molecule has 0 aliphatic rings. The van der Waals surface area contributed by atoms with E-state index in [9.17, 15) is 8.42 Å². The average molecular weight is 228 g/mol. The number of rotatable bonds is 4. The maximum absolute atomic E-state index is 11.3. The number of hydrogen-bond acceptors (Lipinski definition) is 3. The summed E-state index contributed by atoms with van der Waals surface area (Å²) < 4.78 is 27.3. The molecule has 1 rings (SSSR count). The molecule has 14 heavy (non-hydrogen) atoms. The van der Waals surface area contributed by atoms with E-state index in [1.807, 2.05) is 0 Å². The molecule has 1 aromatic rings. The Balaban J connectivity index is 0.00000169. The van der Waals surface area contributed by atoms with Crippen molar-refractivity contribution in [3.8, 4) is 0 Å². The third-order valence-electron chi connectivity index (χ3n) is 1.37. The van der Waals surface area contributed by atoms with Crippen molar-refractivity contribution in [2.45, 2.75) is 4.90 Å². The van der Waals surface area contributed by atoms with E-state index in [0.717, 1.165) is 0 Å². The smallest absolute Gasteiger partial charge is 0.262 e. The van der Waals surface area contributed by atoms with Gasteiger partial charge in [-0.3, -0.25) is 4.18 Å². The molecule has 0 aliphatic heterocycles. The van der Waals surface area contributed by atoms with Gasteiger partial charge in [-0.05, 0) is 12.1 Å².